The standard InChI is InChI=1S/C14H10ClN3O2/c15-9-5-6-13(19)10(7-9)14(20)17-18-8-16-11-3-1-2-4-12(11)18/h1-8,19H,(H,17,20). The number of carbonyl (C=O) groups is 1. The van der Waals surface area contributed by atoms with Crippen molar-refractivity contribution in [1.82, 2.24) is 9.66 Å². The van der Waals surface area contributed by atoms with Crippen molar-refractivity contribution in [2.45, 2.75) is 0 Å². The van der Waals surface area contributed by atoms with E-state index in [4.69, 9.17) is 11.6 Å². The van der Waals surface area contributed by atoms with Gasteiger partial charge >= 0.3 is 0 Å². The van der Waals surface area contributed by atoms with Crippen molar-refractivity contribution in [3.05, 3.63) is 59.4 Å². The van der Waals surface area contributed by atoms with Crippen molar-refractivity contribution in [2.75, 3.05) is 5.43 Å². The summed E-state index contributed by atoms with van der Waals surface area (Å²) in [7, 11) is 0. The van der Waals surface area contributed by atoms with Gasteiger partial charge in [-0.2, -0.15) is 0 Å². The van der Waals surface area contributed by atoms with Crippen molar-refractivity contribution in [1.29, 1.82) is 0 Å². The Morgan fingerprint density at radius 2 is 2.05 bits per heavy atom. The Morgan fingerprint density at radius 1 is 1.25 bits per heavy atom. The van der Waals surface area contributed by atoms with Gasteiger partial charge < -0.3 is 5.11 Å². The highest BCUT2D eigenvalue weighted by atomic mass is 35.5. The third-order valence-corrected chi connectivity index (χ3v) is 3.11. The van der Waals surface area contributed by atoms with Gasteiger partial charge in [-0.25, -0.2) is 9.66 Å². The highest BCUT2D eigenvalue weighted by Gasteiger charge is 2.13. The van der Waals surface area contributed by atoms with Gasteiger partial charge in [-0.05, 0) is 30.3 Å². The molecule has 0 saturated heterocycles. The Kier molecular flexibility index (Phi) is 3.04. The van der Waals surface area contributed by atoms with E-state index in [2.05, 4.69) is 10.4 Å². The van der Waals surface area contributed by atoms with E-state index in [1.54, 1.807) is 0 Å². The lowest BCUT2D eigenvalue weighted by Crippen LogP contribution is -2.22. The average molecular weight is 288 g/mol. The normalized spacial score (nSPS) is 10.7. The highest BCUT2D eigenvalue weighted by Crippen LogP contribution is 2.21. The van der Waals surface area contributed by atoms with Crippen molar-refractivity contribution < 1.29 is 9.90 Å². The number of fused-ring (bicyclic) bond motifs is 1. The first kappa shape index (κ1) is 12.5. The van der Waals surface area contributed by atoms with Gasteiger partial charge in [-0.15, -0.1) is 0 Å². The molecule has 0 unspecified atom stereocenters. The molecule has 1 aromatic heterocycles. The zero-order valence-electron chi connectivity index (χ0n) is 10.2. The first-order chi connectivity index (χ1) is 9.65. The van der Waals surface area contributed by atoms with E-state index in [0.717, 1.165) is 11.0 Å². The van der Waals surface area contributed by atoms with Gasteiger partial charge in [0.05, 0.1) is 16.6 Å². The number of hydrogen-bond acceptors (Lipinski definition) is 3. The van der Waals surface area contributed by atoms with Gasteiger partial charge in [-0.3, -0.25) is 10.2 Å². The van der Waals surface area contributed by atoms with Crippen LogP contribution in [-0.2, 0) is 0 Å². The average Bonchev–Trinajstić information content (AvgIpc) is 2.85. The zero-order valence-corrected chi connectivity index (χ0v) is 11.0. The molecule has 0 saturated carbocycles. The number of aromatic nitrogens is 2. The lowest BCUT2D eigenvalue weighted by Gasteiger charge is -2.08. The minimum absolute atomic E-state index is 0.107. The van der Waals surface area contributed by atoms with Crippen LogP contribution in [0.15, 0.2) is 48.8 Å². The molecular formula is C14H10ClN3O2. The Bertz CT molecular complexity index is 798. The summed E-state index contributed by atoms with van der Waals surface area (Å²) < 4.78 is 1.50. The second-order valence-electron chi connectivity index (χ2n) is 4.21. The Hall–Kier alpha value is -2.53. The fourth-order valence-electron chi connectivity index (χ4n) is 1.91. The summed E-state index contributed by atoms with van der Waals surface area (Å²) in [5.74, 6) is -0.593. The van der Waals surface area contributed by atoms with Crippen molar-refractivity contribution in [2.24, 2.45) is 0 Å². The number of halogens is 1. The summed E-state index contributed by atoms with van der Waals surface area (Å²) in [6.07, 6.45) is 1.50. The van der Waals surface area contributed by atoms with Crippen LogP contribution in [-0.4, -0.2) is 20.7 Å². The molecule has 0 aliphatic heterocycles. The molecule has 2 aromatic carbocycles. The van der Waals surface area contributed by atoms with E-state index >= 15 is 0 Å². The fraction of sp³-hybridized carbons (Fsp3) is 0. The first-order valence-electron chi connectivity index (χ1n) is 5.87. The molecule has 1 heterocycles. The van der Waals surface area contributed by atoms with Crippen molar-refractivity contribution >= 4 is 28.5 Å². The summed E-state index contributed by atoms with van der Waals surface area (Å²) in [6.45, 7) is 0. The number of para-hydroxylation sites is 2. The van der Waals surface area contributed by atoms with E-state index in [9.17, 15) is 9.90 Å². The van der Waals surface area contributed by atoms with Crippen LogP contribution in [0.5, 0.6) is 5.75 Å². The quantitative estimate of drug-likeness (QED) is 0.761. The van der Waals surface area contributed by atoms with Gasteiger partial charge in [0.1, 0.15) is 12.1 Å². The van der Waals surface area contributed by atoms with Crippen LogP contribution < -0.4 is 5.43 Å². The summed E-state index contributed by atoms with van der Waals surface area (Å²) in [5, 5.41) is 10.1. The van der Waals surface area contributed by atoms with E-state index in [1.165, 1.54) is 29.2 Å². The van der Waals surface area contributed by atoms with Gasteiger partial charge in [0.2, 0.25) is 0 Å². The van der Waals surface area contributed by atoms with Crippen LogP contribution in [0.1, 0.15) is 10.4 Å². The van der Waals surface area contributed by atoms with Gasteiger partial charge in [-0.1, -0.05) is 23.7 Å². The maximum atomic E-state index is 12.2. The Morgan fingerprint density at radius 3 is 2.90 bits per heavy atom. The molecule has 0 fully saturated rings. The van der Waals surface area contributed by atoms with E-state index in [-0.39, 0.29) is 11.3 Å². The number of phenolic OH excluding ortho intramolecular Hbond substituents is 1. The molecule has 5 nitrogen and oxygen atoms in total. The number of aromatic hydroxyl groups is 1. The van der Waals surface area contributed by atoms with Crippen molar-refractivity contribution in [3.8, 4) is 5.75 Å². The first-order valence-corrected chi connectivity index (χ1v) is 6.25. The molecule has 6 heteroatoms. The van der Waals surface area contributed by atoms with Crippen LogP contribution in [0.3, 0.4) is 0 Å². The second kappa shape index (κ2) is 4.86. The van der Waals surface area contributed by atoms with E-state index in [0.29, 0.717) is 5.02 Å². The van der Waals surface area contributed by atoms with E-state index < -0.39 is 5.91 Å². The SMILES string of the molecule is O=C(Nn1cnc2ccccc21)c1cc(Cl)ccc1O. The van der Waals surface area contributed by atoms with Crippen LogP contribution in [0, 0.1) is 0 Å². The molecule has 0 bridgehead atoms. The molecule has 2 N–H and O–H groups in total. The largest absolute Gasteiger partial charge is 0.507 e. The highest BCUT2D eigenvalue weighted by molar-refractivity contribution is 6.31. The predicted octanol–water partition coefficient (Wildman–Crippen LogP) is 2.78. The summed E-state index contributed by atoms with van der Waals surface area (Å²) in [6, 6.07) is 11.7. The minimum Gasteiger partial charge on any atom is -0.507 e. The van der Waals surface area contributed by atoms with Crippen LogP contribution in [0.2, 0.25) is 5.02 Å². The third kappa shape index (κ3) is 2.19. The van der Waals surface area contributed by atoms with E-state index in [1.807, 2.05) is 24.3 Å². The molecule has 100 valence electrons. The zero-order chi connectivity index (χ0) is 14.1. The maximum absolute atomic E-state index is 12.2. The third-order valence-electron chi connectivity index (χ3n) is 2.88. The Labute approximate surface area is 119 Å². The number of nitrogens with one attached hydrogen (secondary N) is 1. The maximum Gasteiger partial charge on any atom is 0.273 e. The number of phenols is 1. The number of hydrogen-bond donors (Lipinski definition) is 2. The summed E-state index contributed by atoms with van der Waals surface area (Å²) in [4.78, 5) is 16.3. The Balaban J connectivity index is 1.94. The summed E-state index contributed by atoms with van der Waals surface area (Å²) >= 11 is 5.83. The van der Waals surface area contributed by atoms with Crippen molar-refractivity contribution in [3.63, 3.8) is 0 Å². The molecule has 3 rings (SSSR count). The van der Waals surface area contributed by atoms with Crippen LogP contribution in [0.4, 0.5) is 0 Å². The van der Waals surface area contributed by atoms with Crippen LogP contribution in [0.25, 0.3) is 11.0 Å². The molecular weight excluding hydrogens is 278 g/mol. The molecule has 0 aliphatic carbocycles. The number of amides is 1. The molecule has 20 heavy (non-hydrogen) atoms. The van der Waals surface area contributed by atoms with Gasteiger partial charge in [0.15, 0.2) is 0 Å². The fourth-order valence-corrected chi connectivity index (χ4v) is 2.08. The number of imidazole rings is 1. The lowest BCUT2D eigenvalue weighted by atomic mass is 10.2. The molecule has 3 aromatic rings. The molecule has 0 radical (unpaired) electrons. The topological polar surface area (TPSA) is 67.2 Å². The number of nitrogens with zero attached hydrogens (tertiary/aromatic N) is 2. The number of carbonyl (C=O) groups excluding carboxylic acids is 1. The monoisotopic (exact) mass is 287 g/mol. The van der Waals surface area contributed by atoms with Gasteiger partial charge in [0.25, 0.3) is 5.91 Å². The van der Waals surface area contributed by atoms with Gasteiger partial charge in [0, 0.05) is 5.02 Å². The minimum atomic E-state index is -0.465. The van der Waals surface area contributed by atoms with Crippen LogP contribution >= 0.6 is 11.6 Å². The second-order valence-corrected chi connectivity index (χ2v) is 4.64. The lowest BCUT2D eigenvalue weighted by molar-refractivity contribution is 0.101. The molecule has 1 amide bonds. The predicted molar refractivity (Wildman–Crippen MR) is 76.5 cm³/mol. The smallest absolute Gasteiger partial charge is 0.273 e. The summed E-state index contributed by atoms with van der Waals surface area (Å²) in [5.41, 5.74) is 4.29. The molecule has 0 spiro atoms. The molecule has 0 aliphatic rings. The number of rotatable bonds is 2. The molecule has 0 atom stereocenters. The number of benzene rings is 2.